The fourth-order valence-corrected chi connectivity index (χ4v) is 2.41. The molecule has 1 fully saturated rings. The predicted molar refractivity (Wildman–Crippen MR) is 62.1 cm³/mol. The van der Waals surface area contributed by atoms with E-state index in [0.717, 1.165) is 19.5 Å². The van der Waals surface area contributed by atoms with Gasteiger partial charge < -0.3 is 10.4 Å². The molecule has 0 aliphatic carbocycles. The quantitative estimate of drug-likeness (QED) is 0.851. The lowest BCUT2D eigenvalue weighted by Crippen LogP contribution is -2.31. The van der Waals surface area contributed by atoms with Crippen LogP contribution in [0, 0.1) is 11.2 Å². The number of benzene rings is 1. The Bertz CT molecular complexity index is 377. The van der Waals surface area contributed by atoms with Crippen LogP contribution in [0.1, 0.15) is 12.0 Å². The molecule has 0 saturated carbocycles. The molecular formula is C12H15ClFNO. The molecule has 1 atom stereocenters. The van der Waals surface area contributed by atoms with Gasteiger partial charge in [-0.2, -0.15) is 0 Å². The maximum Gasteiger partial charge on any atom is 0.126 e. The van der Waals surface area contributed by atoms with Crippen LogP contribution in [0.3, 0.4) is 0 Å². The Morgan fingerprint density at radius 2 is 2.31 bits per heavy atom. The molecule has 1 unspecified atom stereocenters. The van der Waals surface area contributed by atoms with Crippen LogP contribution in [0.4, 0.5) is 4.39 Å². The Balaban J connectivity index is 2.21. The Hall–Kier alpha value is -0.640. The molecule has 0 radical (unpaired) electrons. The van der Waals surface area contributed by atoms with E-state index in [0.29, 0.717) is 17.0 Å². The fourth-order valence-electron chi connectivity index (χ4n) is 2.22. The van der Waals surface area contributed by atoms with Gasteiger partial charge in [0.15, 0.2) is 0 Å². The van der Waals surface area contributed by atoms with Gasteiger partial charge in [-0.15, -0.1) is 0 Å². The van der Waals surface area contributed by atoms with E-state index in [-0.39, 0.29) is 17.8 Å². The lowest BCUT2D eigenvalue weighted by Gasteiger charge is -2.25. The summed E-state index contributed by atoms with van der Waals surface area (Å²) in [6, 6.07) is 4.57. The van der Waals surface area contributed by atoms with Gasteiger partial charge in [0.1, 0.15) is 5.82 Å². The van der Waals surface area contributed by atoms with E-state index in [9.17, 15) is 9.50 Å². The van der Waals surface area contributed by atoms with Crippen LogP contribution in [-0.2, 0) is 6.42 Å². The van der Waals surface area contributed by atoms with Crippen LogP contribution in [0.2, 0.25) is 5.02 Å². The third-order valence-corrected chi connectivity index (χ3v) is 3.48. The van der Waals surface area contributed by atoms with Gasteiger partial charge >= 0.3 is 0 Å². The van der Waals surface area contributed by atoms with Crippen LogP contribution < -0.4 is 5.32 Å². The third kappa shape index (κ3) is 2.37. The van der Waals surface area contributed by atoms with Crippen molar-refractivity contribution in [3.05, 3.63) is 34.6 Å². The predicted octanol–water partition coefficient (Wildman–Crippen LogP) is 1.99. The highest BCUT2D eigenvalue weighted by Gasteiger charge is 2.34. The molecule has 0 amide bonds. The zero-order valence-corrected chi connectivity index (χ0v) is 9.73. The normalized spacial score (nSPS) is 24.9. The fraction of sp³-hybridized carbons (Fsp3) is 0.500. The molecular weight excluding hydrogens is 229 g/mol. The zero-order valence-electron chi connectivity index (χ0n) is 8.97. The summed E-state index contributed by atoms with van der Waals surface area (Å²) >= 11 is 5.85. The van der Waals surface area contributed by atoms with Gasteiger partial charge in [0.2, 0.25) is 0 Å². The zero-order chi connectivity index (χ0) is 11.6. The van der Waals surface area contributed by atoms with Crippen LogP contribution in [0.5, 0.6) is 0 Å². The van der Waals surface area contributed by atoms with E-state index in [1.54, 1.807) is 12.1 Å². The van der Waals surface area contributed by atoms with Gasteiger partial charge in [-0.3, -0.25) is 0 Å². The summed E-state index contributed by atoms with van der Waals surface area (Å²) < 4.78 is 13.6. The molecule has 2 rings (SSSR count). The third-order valence-electron chi connectivity index (χ3n) is 3.24. The molecule has 16 heavy (non-hydrogen) atoms. The van der Waals surface area contributed by atoms with Gasteiger partial charge in [-0.05, 0) is 43.1 Å². The van der Waals surface area contributed by atoms with Crippen molar-refractivity contribution >= 4 is 11.6 Å². The Kier molecular flexibility index (Phi) is 3.47. The van der Waals surface area contributed by atoms with Gasteiger partial charge in [0.25, 0.3) is 0 Å². The van der Waals surface area contributed by atoms with Crippen LogP contribution in [0.25, 0.3) is 0 Å². The first kappa shape index (κ1) is 11.8. The highest BCUT2D eigenvalue weighted by Crippen LogP contribution is 2.31. The number of nitrogens with one attached hydrogen (secondary N) is 1. The van der Waals surface area contributed by atoms with Crippen molar-refractivity contribution < 1.29 is 9.50 Å². The van der Waals surface area contributed by atoms with E-state index < -0.39 is 0 Å². The number of halogens is 2. The molecule has 2 N–H and O–H groups in total. The highest BCUT2D eigenvalue weighted by atomic mass is 35.5. The standard InChI is InChI=1S/C12H15ClFNO/c13-10-1-2-11(14)9(5-10)6-12(8-16)3-4-15-7-12/h1-2,5,15-16H,3-4,6-8H2. The summed E-state index contributed by atoms with van der Waals surface area (Å²) in [7, 11) is 0. The Morgan fingerprint density at radius 1 is 1.50 bits per heavy atom. The first-order chi connectivity index (χ1) is 7.65. The van der Waals surface area contributed by atoms with Crippen molar-refractivity contribution in [1.29, 1.82) is 0 Å². The largest absolute Gasteiger partial charge is 0.396 e. The summed E-state index contributed by atoms with van der Waals surface area (Å²) in [5.41, 5.74) is 0.358. The second-order valence-corrected chi connectivity index (χ2v) is 4.93. The maximum absolute atomic E-state index is 13.6. The average molecular weight is 244 g/mol. The van der Waals surface area contributed by atoms with Crippen molar-refractivity contribution in [2.45, 2.75) is 12.8 Å². The minimum absolute atomic E-state index is 0.0754. The van der Waals surface area contributed by atoms with E-state index >= 15 is 0 Å². The average Bonchev–Trinajstić information content (AvgIpc) is 2.73. The number of rotatable bonds is 3. The van der Waals surface area contributed by atoms with Gasteiger partial charge in [-0.1, -0.05) is 11.6 Å². The van der Waals surface area contributed by atoms with Crippen molar-refractivity contribution in [2.75, 3.05) is 19.7 Å². The van der Waals surface area contributed by atoms with E-state index in [2.05, 4.69) is 5.32 Å². The molecule has 88 valence electrons. The van der Waals surface area contributed by atoms with Gasteiger partial charge in [0.05, 0.1) is 6.61 Å². The molecule has 1 aliphatic rings. The molecule has 1 aromatic rings. The van der Waals surface area contributed by atoms with Crippen molar-refractivity contribution in [1.82, 2.24) is 5.32 Å². The molecule has 0 spiro atoms. The second-order valence-electron chi connectivity index (χ2n) is 4.50. The lowest BCUT2D eigenvalue weighted by atomic mass is 9.81. The smallest absolute Gasteiger partial charge is 0.126 e. The summed E-state index contributed by atoms with van der Waals surface area (Å²) in [5.74, 6) is -0.246. The number of aliphatic hydroxyl groups is 1. The summed E-state index contributed by atoms with van der Waals surface area (Å²) in [5, 5.41) is 13.2. The van der Waals surface area contributed by atoms with Crippen molar-refractivity contribution in [2.24, 2.45) is 5.41 Å². The molecule has 0 aromatic heterocycles. The minimum Gasteiger partial charge on any atom is -0.396 e. The molecule has 2 nitrogen and oxygen atoms in total. The first-order valence-corrected chi connectivity index (χ1v) is 5.79. The van der Waals surface area contributed by atoms with Gasteiger partial charge in [-0.25, -0.2) is 4.39 Å². The Labute approximate surface area is 99.4 Å². The highest BCUT2D eigenvalue weighted by molar-refractivity contribution is 6.30. The number of hydrogen-bond acceptors (Lipinski definition) is 2. The van der Waals surface area contributed by atoms with E-state index in [1.165, 1.54) is 6.07 Å². The second kappa shape index (κ2) is 4.70. The van der Waals surface area contributed by atoms with Crippen LogP contribution >= 0.6 is 11.6 Å². The van der Waals surface area contributed by atoms with Crippen molar-refractivity contribution in [3.63, 3.8) is 0 Å². The Morgan fingerprint density at radius 3 is 2.94 bits per heavy atom. The lowest BCUT2D eigenvalue weighted by molar-refractivity contribution is 0.142. The molecule has 4 heteroatoms. The molecule has 1 aliphatic heterocycles. The number of aliphatic hydroxyl groups excluding tert-OH is 1. The van der Waals surface area contributed by atoms with Gasteiger partial charge in [0, 0.05) is 17.0 Å². The van der Waals surface area contributed by atoms with Crippen LogP contribution in [0.15, 0.2) is 18.2 Å². The van der Waals surface area contributed by atoms with E-state index in [4.69, 9.17) is 11.6 Å². The molecule has 1 saturated heterocycles. The molecule has 1 aromatic carbocycles. The molecule has 0 bridgehead atoms. The topological polar surface area (TPSA) is 32.3 Å². The summed E-state index contributed by atoms with van der Waals surface area (Å²) in [6.07, 6.45) is 1.40. The number of hydrogen-bond donors (Lipinski definition) is 2. The summed E-state index contributed by atoms with van der Waals surface area (Å²) in [6.45, 7) is 1.68. The van der Waals surface area contributed by atoms with E-state index in [1.807, 2.05) is 0 Å². The monoisotopic (exact) mass is 243 g/mol. The first-order valence-electron chi connectivity index (χ1n) is 5.41. The summed E-state index contributed by atoms with van der Waals surface area (Å²) in [4.78, 5) is 0. The molecule has 1 heterocycles. The van der Waals surface area contributed by atoms with Crippen molar-refractivity contribution in [3.8, 4) is 0 Å². The van der Waals surface area contributed by atoms with Crippen LogP contribution in [-0.4, -0.2) is 24.8 Å². The maximum atomic E-state index is 13.6. The minimum atomic E-state index is -0.246. The SMILES string of the molecule is OCC1(Cc2cc(Cl)ccc2F)CCNC1.